The largest absolute Gasteiger partial charge is 0.855 e. The highest BCUT2D eigenvalue weighted by Crippen LogP contribution is 1.68. The Labute approximate surface area is 123 Å². The van der Waals surface area contributed by atoms with Gasteiger partial charge in [-0.3, -0.25) is 4.79 Å². The fraction of sp³-hybridized carbons (Fsp3) is 0.909. The molecule has 0 N–H and O–H groups in total. The molecule has 6 radical (unpaired) electrons. The molecule has 0 fully saturated rings. The van der Waals surface area contributed by atoms with E-state index in [4.69, 9.17) is 0 Å². The molecular weight excluding hydrogens is 275 g/mol. The lowest BCUT2D eigenvalue weighted by atomic mass is 10.9. The van der Waals surface area contributed by atoms with Crippen molar-refractivity contribution in [2.75, 3.05) is 0 Å². The van der Waals surface area contributed by atoms with Crippen LogP contribution in [0.3, 0.4) is 0 Å². The van der Waals surface area contributed by atoms with Crippen LogP contribution >= 0.6 is 0 Å². The average molecular weight is 306 g/mol. The van der Waals surface area contributed by atoms with Crippen LogP contribution in [0.5, 0.6) is 0 Å². The zero-order valence-corrected chi connectivity index (χ0v) is 17.5. The van der Waals surface area contributed by atoms with Gasteiger partial charge in [-0.05, 0) is 0 Å². The van der Waals surface area contributed by atoms with Gasteiger partial charge in [0.15, 0.2) is 0 Å². The highest BCUT2D eigenvalue weighted by Gasteiger charge is 1.73. The fourth-order valence-corrected chi connectivity index (χ4v) is 0. The molecule has 102 valence electrons. The second-order valence-corrected chi connectivity index (χ2v) is 14.3. The Bertz CT molecular complexity index is 120. The quantitative estimate of drug-likeness (QED) is 0.637. The van der Waals surface area contributed by atoms with Crippen molar-refractivity contribution in [2.24, 2.45) is 0 Å². The zero-order valence-electron chi connectivity index (χ0n) is 13.4. The Morgan fingerprint density at radius 3 is 0.824 bits per heavy atom. The minimum absolute atomic E-state index is 0.120. The van der Waals surface area contributed by atoms with E-state index >= 15 is 0 Å². The molecule has 2 nitrogen and oxygen atoms in total. The van der Waals surface area contributed by atoms with Crippen molar-refractivity contribution in [3.05, 3.63) is 0 Å². The van der Waals surface area contributed by atoms with Crippen molar-refractivity contribution in [1.82, 2.24) is 0 Å². The first-order valence-electron chi connectivity index (χ1n) is 5.64. The summed E-state index contributed by atoms with van der Waals surface area (Å²) in [6.45, 7) is 21.8. The molecule has 0 unspecified atom stereocenters. The molecule has 0 saturated heterocycles. The van der Waals surface area contributed by atoms with E-state index in [9.17, 15) is 4.79 Å². The van der Waals surface area contributed by atoms with Crippen molar-refractivity contribution in [3.63, 3.8) is 0 Å². The van der Waals surface area contributed by atoms with E-state index in [0.717, 1.165) is 0 Å². The molecule has 0 heterocycles. The highest BCUT2D eigenvalue weighted by molar-refractivity contribution is 6.54. The van der Waals surface area contributed by atoms with Gasteiger partial charge in [0.1, 0.15) is 0 Å². The lowest BCUT2D eigenvalue weighted by Gasteiger charge is -2.06. The topological polar surface area (TPSA) is 26.3 Å². The Morgan fingerprint density at radius 2 is 0.824 bits per heavy atom. The molecule has 0 spiro atoms. The van der Waals surface area contributed by atoms with Crippen LogP contribution in [0.15, 0.2) is 0 Å². The van der Waals surface area contributed by atoms with E-state index in [2.05, 4.69) is 62.7 Å². The maximum atomic E-state index is 9.57. The van der Waals surface area contributed by atoms with Crippen LogP contribution in [-0.2, 0) is 8.58 Å². The summed E-state index contributed by atoms with van der Waals surface area (Å²) in [7, 11) is 0.361. The van der Waals surface area contributed by atoms with E-state index in [0.29, 0.717) is 0 Å². The molecule has 0 saturated carbocycles. The van der Waals surface area contributed by atoms with Gasteiger partial charge in [-0.25, -0.2) is 16.6 Å². The maximum absolute atomic E-state index is 9.57. The third kappa shape index (κ3) is 508. The molecule has 0 atom stereocenters. The lowest BCUT2D eigenvalue weighted by Crippen LogP contribution is -1.90. The minimum atomic E-state index is -0.282. The summed E-state index contributed by atoms with van der Waals surface area (Å²) >= 11 is 1.84. The summed E-state index contributed by atoms with van der Waals surface area (Å²) in [4.78, 5) is 9.57. The Balaban J connectivity index is -0.0000000667. The standard InChI is InChI=1S/3C3H9Si.C2H4O2.Al/c3*1-4(2)3;1-2(3)4;/h3*1-3H3;1H3,(H,3,4);/p-1. The summed E-state index contributed by atoms with van der Waals surface area (Å²) < 4.78 is 4.03. The van der Waals surface area contributed by atoms with Gasteiger partial charge in [-0.15, -0.1) is 0 Å². The lowest BCUT2D eigenvalue weighted by molar-refractivity contribution is -0.131. The monoisotopic (exact) mass is 305 g/mol. The van der Waals surface area contributed by atoms with Gasteiger partial charge in [-0.2, -0.15) is 0 Å². The normalized spacial score (nSPS) is 8.35. The van der Waals surface area contributed by atoms with Crippen molar-refractivity contribution in [2.45, 2.75) is 65.8 Å². The van der Waals surface area contributed by atoms with Gasteiger partial charge in [0.25, 0.3) is 0 Å². The van der Waals surface area contributed by atoms with Crippen LogP contribution in [0.1, 0.15) is 6.92 Å². The third-order valence-corrected chi connectivity index (χ3v) is 0.498. The number of rotatable bonds is 0. The SMILES string of the molecule is CC(=O)[O][Al-].C[Si](C)C.C[Si](C)C.C[Si](C)C. The first-order valence-corrected chi connectivity index (χ1v) is 15.1. The predicted molar refractivity (Wildman–Crippen MR) is 87.6 cm³/mol. The molecule has 17 heavy (non-hydrogen) atoms. The molecule has 0 aliphatic rings. The summed E-state index contributed by atoms with van der Waals surface area (Å²) in [6, 6.07) is 0. The Kier molecular flexibility index (Phi) is 33.8. The highest BCUT2D eigenvalue weighted by atomic mass is 28.3. The number of hydrogen-bond donors (Lipinski definition) is 0. The Hall–Kier alpha value is 0.653. The second-order valence-electron chi connectivity index (χ2n) is 5.11. The van der Waals surface area contributed by atoms with Crippen LogP contribution in [0.2, 0.25) is 58.9 Å². The fourth-order valence-electron chi connectivity index (χ4n) is 0. The van der Waals surface area contributed by atoms with E-state index in [-0.39, 0.29) is 32.4 Å². The van der Waals surface area contributed by atoms with Crippen LogP contribution in [0, 0.1) is 0 Å². The summed E-state index contributed by atoms with van der Waals surface area (Å²) in [5.74, 6) is -0.282. The summed E-state index contributed by atoms with van der Waals surface area (Å²) in [5.41, 5.74) is 0. The third-order valence-electron chi connectivity index (χ3n) is 0.166. The molecule has 0 rings (SSSR count). The summed E-state index contributed by atoms with van der Waals surface area (Å²) in [5, 5.41) is 0. The van der Waals surface area contributed by atoms with Gasteiger partial charge in [0, 0.05) is 33.3 Å². The smallest absolute Gasteiger partial charge is 0.229 e. The van der Waals surface area contributed by atoms with E-state index in [1.807, 2.05) is 16.6 Å². The van der Waals surface area contributed by atoms with Gasteiger partial charge in [0.2, 0.25) is 5.97 Å². The molecule has 0 aliphatic heterocycles. The zero-order chi connectivity index (χ0) is 15.0. The van der Waals surface area contributed by atoms with Crippen molar-refractivity contribution in [1.29, 1.82) is 0 Å². The number of hydrogen-bond acceptors (Lipinski definition) is 2. The molecule has 0 aliphatic carbocycles. The predicted octanol–water partition coefficient (Wildman–Crippen LogP) is 3.74. The first-order chi connectivity index (χ1) is 7.47. The van der Waals surface area contributed by atoms with Crippen LogP contribution in [0.4, 0.5) is 0 Å². The van der Waals surface area contributed by atoms with Gasteiger partial charge >= 0.3 is 0 Å². The minimum Gasteiger partial charge on any atom is -0.855 e. The Morgan fingerprint density at radius 1 is 0.765 bits per heavy atom. The number of carbonyl (C=O) groups excluding carboxylic acids is 1. The molecular formula is C11H30AlO2Si3-. The van der Waals surface area contributed by atoms with Gasteiger partial charge in [-0.1, -0.05) is 58.9 Å². The molecule has 0 aromatic carbocycles. The molecule has 0 aromatic rings. The first kappa shape index (κ1) is 26.3. The molecule has 6 heteroatoms. The molecule has 0 bridgehead atoms. The van der Waals surface area contributed by atoms with Crippen LogP contribution in [0.25, 0.3) is 0 Å². The van der Waals surface area contributed by atoms with Crippen molar-refractivity contribution < 1.29 is 8.58 Å². The average Bonchev–Trinajstić information content (AvgIpc) is 2.00. The molecule has 0 aromatic heterocycles. The van der Waals surface area contributed by atoms with E-state index in [1.165, 1.54) is 6.92 Å². The summed E-state index contributed by atoms with van der Waals surface area (Å²) in [6.07, 6.45) is 0. The van der Waals surface area contributed by atoms with E-state index < -0.39 is 0 Å². The van der Waals surface area contributed by atoms with Crippen molar-refractivity contribution >= 4 is 49.0 Å². The molecule has 0 amide bonds. The van der Waals surface area contributed by atoms with Crippen molar-refractivity contribution in [3.8, 4) is 0 Å². The van der Waals surface area contributed by atoms with Crippen LogP contribution < -0.4 is 0 Å². The maximum Gasteiger partial charge on any atom is 0.229 e. The second kappa shape index (κ2) is 21.9. The van der Waals surface area contributed by atoms with E-state index in [1.54, 1.807) is 0 Å². The van der Waals surface area contributed by atoms with Gasteiger partial charge < -0.3 is 3.79 Å². The number of carbonyl (C=O) groups is 1. The van der Waals surface area contributed by atoms with Gasteiger partial charge in [0.05, 0.1) is 0 Å². The van der Waals surface area contributed by atoms with Crippen LogP contribution in [-0.4, -0.2) is 49.0 Å².